The number of nitrogens with zero attached hydrogens (tertiary/aromatic N) is 2. The van der Waals surface area contributed by atoms with E-state index in [0.29, 0.717) is 18.0 Å². The number of rotatable bonds is 5. The van der Waals surface area contributed by atoms with Crippen LogP contribution in [-0.4, -0.2) is 61.0 Å². The molecule has 2 atom stereocenters. The number of hydrogen-bond donors (Lipinski definition) is 1. The van der Waals surface area contributed by atoms with Crippen molar-refractivity contribution in [2.45, 2.75) is 51.6 Å². The highest BCUT2D eigenvalue weighted by Gasteiger charge is 2.25. The van der Waals surface area contributed by atoms with Crippen LogP contribution in [0.1, 0.15) is 39.5 Å². The number of carbonyl (C=O) groups excluding carboxylic acids is 1. The zero-order valence-corrected chi connectivity index (χ0v) is 12.7. The first-order valence-electron chi connectivity index (χ1n) is 7.78. The van der Waals surface area contributed by atoms with Crippen molar-refractivity contribution in [3.8, 4) is 0 Å². The van der Waals surface area contributed by atoms with E-state index in [-0.39, 0.29) is 0 Å². The Balaban J connectivity index is 1.72. The molecule has 2 aliphatic heterocycles. The molecule has 110 valence electrons. The van der Waals surface area contributed by atoms with Gasteiger partial charge in [0, 0.05) is 31.6 Å². The molecule has 19 heavy (non-hydrogen) atoms. The zero-order chi connectivity index (χ0) is 13.8. The summed E-state index contributed by atoms with van der Waals surface area (Å²) < 4.78 is 0. The van der Waals surface area contributed by atoms with E-state index in [1.807, 2.05) is 4.90 Å². The van der Waals surface area contributed by atoms with Gasteiger partial charge in [0.2, 0.25) is 5.91 Å². The van der Waals surface area contributed by atoms with Gasteiger partial charge in [-0.3, -0.25) is 4.79 Å². The number of likely N-dealkylation sites (tertiary alicyclic amines) is 2. The Hall–Kier alpha value is -0.610. The quantitative estimate of drug-likeness (QED) is 0.816. The minimum absolute atomic E-state index is 0.334. The van der Waals surface area contributed by atoms with Crippen molar-refractivity contribution < 1.29 is 4.79 Å². The van der Waals surface area contributed by atoms with Crippen LogP contribution in [0, 0.1) is 5.92 Å². The summed E-state index contributed by atoms with van der Waals surface area (Å²) in [6.07, 6.45) is 4.37. The Morgan fingerprint density at radius 2 is 1.95 bits per heavy atom. The van der Waals surface area contributed by atoms with Crippen LogP contribution >= 0.6 is 0 Å². The molecule has 2 rings (SSSR count). The lowest BCUT2D eigenvalue weighted by Crippen LogP contribution is -2.47. The van der Waals surface area contributed by atoms with Crippen LogP contribution in [0.2, 0.25) is 0 Å². The standard InChI is InChI=1S/C15H29N3O/c1-12(11-18-8-4-5-15(18)19)16-13(2)14-6-9-17(3)10-7-14/h12-14,16H,4-11H2,1-3H3. The third-order valence-corrected chi connectivity index (χ3v) is 4.68. The summed E-state index contributed by atoms with van der Waals surface area (Å²) in [7, 11) is 2.20. The third-order valence-electron chi connectivity index (χ3n) is 4.68. The summed E-state index contributed by atoms with van der Waals surface area (Å²) in [5.74, 6) is 1.12. The maximum absolute atomic E-state index is 11.6. The van der Waals surface area contributed by atoms with Gasteiger partial charge < -0.3 is 15.1 Å². The van der Waals surface area contributed by atoms with Crippen LogP contribution in [0.15, 0.2) is 0 Å². The maximum Gasteiger partial charge on any atom is 0.222 e. The summed E-state index contributed by atoms with van der Waals surface area (Å²) in [6.45, 7) is 8.77. The molecule has 0 aromatic rings. The number of carbonyl (C=O) groups is 1. The predicted molar refractivity (Wildman–Crippen MR) is 78.1 cm³/mol. The van der Waals surface area contributed by atoms with Crippen molar-refractivity contribution in [1.29, 1.82) is 0 Å². The van der Waals surface area contributed by atoms with Crippen LogP contribution in [0.25, 0.3) is 0 Å². The van der Waals surface area contributed by atoms with Gasteiger partial charge in [-0.1, -0.05) is 0 Å². The minimum atomic E-state index is 0.334. The van der Waals surface area contributed by atoms with Gasteiger partial charge in [0.25, 0.3) is 0 Å². The average Bonchev–Trinajstić information content (AvgIpc) is 2.75. The first-order chi connectivity index (χ1) is 9.06. The molecule has 2 fully saturated rings. The van der Waals surface area contributed by atoms with E-state index in [9.17, 15) is 4.79 Å². The van der Waals surface area contributed by atoms with E-state index in [4.69, 9.17) is 0 Å². The molecule has 1 N–H and O–H groups in total. The molecule has 2 aliphatic rings. The van der Waals surface area contributed by atoms with Crippen LogP contribution < -0.4 is 5.32 Å². The first-order valence-corrected chi connectivity index (χ1v) is 7.78. The summed E-state index contributed by atoms with van der Waals surface area (Å²) in [4.78, 5) is 16.1. The van der Waals surface area contributed by atoms with E-state index in [1.54, 1.807) is 0 Å². The number of piperidine rings is 1. The number of hydrogen-bond acceptors (Lipinski definition) is 3. The van der Waals surface area contributed by atoms with Crippen molar-refractivity contribution >= 4 is 5.91 Å². The van der Waals surface area contributed by atoms with Crippen molar-refractivity contribution in [1.82, 2.24) is 15.1 Å². The molecule has 2 unspecified atom stereocenters. The molecule has 0 spiro atoms. The Morgan fingerprint density at radius 1 is 1.26 bits per heavy atom. The molecule has 0 aromatic heterocycles. The Morgan fingerprint density at radius 3 is 2.53 bits per heavy atom. The molecule has 0 radical (unpaired) electrons. The highest BCUT2D eigenvalue weighted by Crippen LogP contribution is 2.20. The molecule has 0 saturated carbocycles. The number of amides is 1. The zero-order valence-electron chi connectivity index (χ0n) is 12.7. The van der Waals surface area contributed by atoms with Gasteiger partial charge in [0.1, 0.15) is 0 Å². The van der Waals surface area contributed by atoms with E-state index in [2.05, 4.69) is 31.1 Å². The van der Waals surface area contributed by atoms with Crippen LogP contribution in [0.5, 0.6) is 0 Å². The second kappa shape index (κ2) is 6.71. The molecule has 1 amide bonds. The average molecular weight is 267 g/mol. The van der Waals surface area contributed by atoms with E-state index in [0.717, 1.165) is 31.8 Å². The molecule has 2 saturated heterocycles. The highest BCUT2D eigenvalue weighted by molar-refractivity contribution is 5.78. The van der Waals surface area contributed by atoms with Crippen molar-refractivity contribution in [2.75, 3.05) is 33.2 Å². The maximum atomic E-state index is 11.6. The Bertz CT molecular complexity index is 300. The van der Waals surface area contributed by atoms with E-state index in [1.165, 1.54) is 25.9 Å². The highest BCUT2D eigenvalue weighted by atomic mass is 16.2. The predicted octanol–water partition coefficient (Wildman–Crippen LogP) is 1.32. The van der Waals surface area contributed by atoms with Gasteiger partial charge in [-0.05, 0) is 59.2 Å². The second-order valence-corrected chi connectivity index (χ2v) is 6.44. The third kappa shape index (κ3) is 4.18. The van der Waals surface area contributed by atoms with Crippen molar-refractivity contribution in [3.63, 3.8) is 0 Å². The van der Waals surface area contributed by atoms with Crippen LogP contribution in [0.4, 0.5) is 0 Å². The molecule has 4 heteroatoms. The molecule has 0 aromatic carbocycles. The summed E-state index contributed by atoms with van der Waals surface area (Å²) in [5.41, 5.74) is 0. The van der Waals surface area contributed by atoms with Crippen LogP contribution in [-0.2, 0) is 4.79 Å². The minimum Gasteiger partial charge on any atom is -0.341 e. The molecular formula is C15H29N3O. The SMILES string of the molecule is CC(CN1CCCC1=O)NC(C)C1CCN(C)CC1. The largest absolute Gasteiger partial charge is 0.341 e. The monoisotopic (exact) mass is 267 g/mol. The lowest BCUT2D eigenvalue weighted by atomic mass is 9.90. The lowest BCUT2D eigenvalue weighted by molar-refractivity contribution is -0.128. The molecule has 0 aliphatic carbocycles. The van der Waals surface area contributed by atoms with Crippen molar-refractivity contribution in [3.05, 3.63) is 0 Å². The van der Waals surface area contributed by atoms with E-state index >= 15 is 0 Å². The fourth-order valence-corrected chi connectivity index (χ4v) is 3.39. The Labute approximate surface area is 117 Å². The lowest BCUT2D eigenvalue weighted by Gasteiger charge is -2.35. The molecule has 0 bridgehead atoms. The normalized spacial score (nSPS) is 25.8. The molecular weight excluding hydrogens is 238 g/mol. The van der Waals surface area contributed by atoms with Crippen molar-refractivity contribution in [2.24, 2.45) is 5.92 Å². The fourth-order valence-electron chi connectivity index (χ4n) is 3.39. The van der Waals surface area contributed by atoms with Gasteiger partial charge >= 0.3 is 0 Å². The second-order valence-electron chi connectivity index (χ2n) is 6.44. The van der Waals surface area contributed by atoms with E-state index < -0.39 is 0 Å². The van der Waals surface area contributed by atoms with Gasteiger partial charge in [0.05, 0.1) is 0 Å². The van der Waals surface area contributed by atoms with Gasteiger partial charge in [0.15, 0.2) is 0 Å². The first kappa shape index (κ1) is 14.8. The topological polar surface area (TPSA) is 35.6 Å². The Kier molecular flexibility index (Phi) is 5.22. The van der Waals surface area contributed by atoms with Crippen LogP contribution in [0.3, 0.4) is 0 Å². The summed E-state index contributed by atoms with van der Waals surface area (Å²) in [5, 5.41) is 3.70. The number of nitrogens with one attached hydrogen (secondary N) is 1. The summed E-state index contributed by atoms with van der Waals surface area (Å²) >= 11 is 0. The summed E-state index contributed by atoms with van der Waals surface area (Å²) in [6, 6.07) is 0.957. The molecule has 4 nitrogen and oxygen atoms in total. The van der Waals surface area contributed by atoms with Gasteiger partial charge in [-0.15, -0.1) is 0 Å². The van der Waals surface area contributed by atoms with Gasteiger partial charge in [-0.25, -0.2) is 0 Å². The fraction of sp³-hybridized carbons (Fsp3) is 0.933. The smallest absolute Gasteiger partial charge is 0.222 e. The molecule has 2 heterocycles. The van der Waals surface area contributed by atoms with Gasteiger partial charge in [-0.2, -0.15) is 0 Å².